The maximum absolute atomic E-state index is 12.0. The summed E-state index contributed by atoms with van der Waals surface area (Å²) >= 11 is 0. The van der Waals surface area contributed by atoms with Crippen molar-refractivity contribution >= 4 is 17.3 Å². The van der Waals surface area contributed by atoms with Crippen molar-refractivity contribution in [1.29, 1.82) is 0 Å². The van der Waals surface area contributed by atoms with E-state index in [0.717, 1.165) is 36.8 Å². The minimum atomic E-state index is 0.263. The molecule has 21 heavy (non-hydrogen) atoms. The van der Waals surface area contributed by atoms with Gasteiger partial charge in [-0.1, -0.05) is 37.8 Å². The van der Waals surface area contributed by atoms with Crippen LogP contribution in [0.3, 0.4) is 0 Å². The number of hydrogen-bond acceptors (Lipinski definition) is 2. The predicted octanol–water partition coefficient (Wildman–Crippen LogP) is 4.20. The summed E-state index contributed by atoms with van der Waals surface area (Å²) in [6, 6.07) is 8.26. The molecular formula is C18H26N2O. The van der Waals surface area contributed by atoms with E-state index in [9.17, 15) is 4.79 Å². The molecule has 1 saturated carbocycles. The van der Waals surface area contributed by atoms with Crippen molar-refractivity contribution in [2.75, 3.05) is 23.3 Å². The minimum absolute atomic E-state index is 0.263. The Morgan fingerprint density at radius 2 is 1.81 bits per heavy atom. The Morgan fingerprint density at radius 3 is 2.52 bits per heavy atom. The molecule has 0 aromatic heterocycles. The van der Waals surface area contributed by atoms with Crippen molar-refractivity contribution in [3.05, 3.63) is 24.3 Å². The van der Waals surface area contributed by atoms with Crippen LogP contribution in [0, 0.1) is 5.92 Å². The molecule has 1 aromatic carbocycles. The lowest BCUT2D eigenvalue weighted by molar-refractivity contribution is -0.117. The fourth-order valence-electron chi connectivity index (χ4n) is 3.58. The summed E-state index contributed by atoms with van der Waals surface area (Å²) in [5.41, 5.74) is 2.19. The highest BCUT2D eigenvalue weighted by molar-refractivity contribution is 5.98. The van der Waals surface area contributed by atoms with Crippen LogP contribution < -0.4 is 10.2 Å². The molecule has 1 aliphatic heterocycles. The van der Waals surface area contributed by atoms with Crippen LogP contribution in [0.25, 0.3) is 0 Å². The third-order valence-electron chi connectivity index (χ3n) is 4.82. The fraction of sp³-hybridized carbons (Fsp3) is 0.611. The Hall–Kier alpha value is -1.51. The number of benzene rings is 1. The molecule has 114 valence electrons. The Labute approximate surface area is 127 Å². The second kappa shape index (κ2) is 6.97. The van der Waals surface area contributed by atoms with E-state index in [-0.39, 0.29) is 5.91 Å². The number of amides is 1. The molecule has 3 nitrogen and oxygen atoms in total. The molecule has 2 fully saturated rings. The average molecular weight is 286 g/mol. The molecule has 0 bridgehead atoms. The van der Waals surface area contributed by atoms with E-state index in [1.54, 1.807) is 0 Å². The maximum atomic E-state index is 12.0. The first-order chi connectivity index (χ1) is 10.3. The molecule has 0 atom stereocenters. The van der Waals surface area contributed by atoms with Crippen LogP contribution in [-0.4, -0.2) is 19.0 Å². The van der Waals surface area contributed by atoms with Gasteiger partial charge in [0, 0.05) is 19.5 Å². The van der Waals surface area contributed by atoms with E-state index < -0.39 is 0 Å². The largest absolute Gasteiger partial charge is 0.383 e. The zero-order valence-electron chi connectivity index (χ0n) is 12.8. The molecule has 1 amide bonds. The van der Waals surface area contributed by atoms with Gasteiger partial charge in [-0.3, -0.25) is 4.79 Å². The highest BCUT2D eigenvalue weighted by Gasteiger charge is 2.23. The van der Waals surface area contributed by atoms with Crippen LogP contribution in [-0.2, 0) is 4.79 Å². The van der Waals surface area contributed by atoms with Gasteiger partial charge in [-0.05, 0) is 37.3 Å². The van der Waals surface area contributed by atoms with Crippen molar-refractivity contribution in [3.63, 3.8) is 0 Å². The van der Waals surface area contributed by atoms with Crippen LogP contribution in [0.1, 0.15) is 51.4 Å². The number of nitrogens with zero attached hydrogens (tertiary/aromatic N) is 1. The number of para-hydroxylation sites is 2. The van der Waals surface area contributed by atoms with Crippen LogP contribution in [0.2, 0.25) is 0 Å². The second-order valence-corrected chi connectivity index (χ2v) is 6.40. The van der Waals surface area contributed by atoms with E-state index in [2.05, 4.69) is 23.5 Å². The highest BCUT2D eigenvalue weighted by Crippen LogP contribution is 2.30. The highest BCUT2D eigenvalue weighted by atomic mass is 16.2. The topological polar surface area (TPSA) is 32.3 Å². The lowest BCUT2D eigenvalue weighted by Crippen LogP contribution is -2.25. The smallest absolute Gasteiger partial charge is 0.227 e. The molecule has 3 heteroatoms. The van der Waals surface area contributed by atoms with Crippen LogP contribution in [0.5, 0.6) is 0 Å². The van der Waals surface area contributed by atoms with E-state index in [1.807, 2.05) is 11.0 Å². The number of carbonyl (C=O) groups is 1. The van der Waals surface area contributed by atoms with E-state index in [0.29, 0.717) is 6.42 Å². The zero-order valence-corrected chi connectivity index (χ0v) is 12.8. The van der Waals surface area contributed by atoms with Crippen molar-refractivity contribution in [1.82, 2.24) is 0 Å². The summed E-state index contributed by atoms with van der Waals surface area (Å²) in [6.45, 7) is 1.90. The first-order valence-corrected chi connectivity index (χ1v) is 8.48. The van der Waals surface area contributed by atoms with Gasteiger partial charge >= 0.3 is 0 Å². The SMILES string of the molecule is O=C1CCCN1c1ccccc1NCC1CCCCCC1. The molecule has 0 unspecified atom stereocenters. The fourth-order valence-corrected chi connectivity index (χ4v) is 3.58. The van der Waals surface area contributed by atoms with Crippen molar-refractivity contribution in [2.45, 2.75) is 51.4 Å². The maximum Gasteiger partial charge on any atom is 0.227 e. The molecule has 1 heterocycles. The molecular weight excluding hydrogens is 260 g/mol. The van der Waals surface area contributed by atoms with Gasteiger partial charge in [-0.2, -0.15) is 0 Å². The first kappa shape index (κ1) is 14.4. The first-order valence-electron chi connectivity index (χ1n) is 8.48. The summed E-state index contributed by atoms with van der Waals surface area (Å²) in [4.78, 5) is 13.9. The average Bonchev–Trinajstić information content (AvgIpc) is 2.77. The molecule has 3 rings (SSSR count). The standard InChI is InChI=1S/C18H26N2O/c21-18-12-7-13-20(18)17-11-6-5-10-16(17)19-14-15-8-3-1-2-4-9-15/h5-6,10-11,15,19H,1-4,7-9,12-14H2. The summed E-state index contributed by atoms with van der Waals surface area (Å²) in [6.07, 6.45) is 9.91. The van der Waals surface area contributed by atoms with E-state index in [4.69, 9.17) is 0 Å². The van der Waals surface area contributed by atoms with Gasteiger partial charge in [0.15, 0.2) is 0 Å². The van der Waals surface area contributed by atoms with Crippen molar-refractivity contribution in [3.8, 4) is 0 Å². The second-order valence-electron chi connectivity index (χ2n) is 6.40. The number of anilines is 2. The number of nitrogens with one attached hydrogen (secondary N) is 1. The molecule has 0 spiro atoms. The monoisotopic (exact) mass is 286 g/mol. The molecule has 1 saturated heterocycles. The summed E-state index contributed by atoms with van der Waals surface area (Å²) in [5, 5.41) is 3.61. The third-order valence-corrected chi connectivity index (χ3v) is 4.82. The predicted molar refractivity (Wildman–Crippen MR) is 87.7 cm³/mol. The molecule has 1 aliphatic carbocycles. The van der Waals surface area contributed by atoms with Crippen LogP contribution >= 0.6 is 0 Å². The Morgan fingerprint density at radius 1 is 1.05 bits per heavy atom. The lowest BCUT2D eigenvalue weighted by atomic mass is 10.0. The van der Waals surface area contributed by atoms with Crippen molar-refractivity contribution < 1.29 is 4.79 Å². The third kappa shape index (κ3) is 3.58. The summed E-state index contributed by atoms with van der Waals surface area (Å²) in [5.74, 6) is 1.05. The van der Waals surface area contributed by atoms with Gasteiger partial charge in [-0.25, -0.2) is 0 Å². The Balaban J connectivity index is 1.66. The van der Waals surface area contributed by atoms with E-state index in [1.165, 1.54) is 38.5 Å². The summed E-state index contributed by atoms with van der Waals surface area (Å²) < 4.78 is 0. The zero-order chi connectivity index (χ0) is 14.5. The lowest BCUT2D eigenvalue weighted by Gasteiger charge is -2.22. The van der Waals surface area contributed by atoms with Crippen molar-refractivity contribution in [2.24, 2.45) is 5.92 Å². The normalized spacial score (nSPS) is 20.6. The van der Waals surface area contributed by atoms with Gasteiger partial charge in [-0.15, -0.1) is 0 Å². The van der Waals surface area contributed by atoms with Crippen LogP contribution in [0.4, 0.5) is 11.4 Å². The number of rotatable bonds is 4. The van der Waals surface area contributed by atoms with Gasteiger partial charge in [0.1, 0.15) is 0 Å². The van der Waals surface area contributed by atoms with Gasteiger partial charge < -0.3 is 10.2 Å². The number of carbonyl (C=O) groups excluding carboxylic acids is 1. The Kier molecular flexibility index (Phi) is 4.79. The van der Waals surface area contributed by atoms with Gasteiger partial charge in [0.05, 0.1) is 11.4 Å². The molecule has 2 aliphatic rings. The van der Waals surface area contributed by atoms with Crippen LogP contribution in [0.15, 0.2) is 24.3 Å². The van der Waals surface area contributed by atoms with Gasteiger partial charge in [0.2, 0.25) is 5.91 Å². The van der Waals surface area contributed by atoms with E-state index >= 15 is 0 Å². The quantitative estimate of drug-likeness (QED) is 0.841. The molecule has 1 aromatic rings. The van der Waals surface area contributed by atoms with Gasteiger partial charge in [0.25, 0.3) is 0 Å². The molecule has 1 N–H and O–H groups in total. The summed E-state index contributed by atoms with van der Waals surface area (Å²) in [7, 11) is 0. The minimum Gasteiger partial charge on any atom is -0.383 e. The Bertz CT molecular complexity index is 478. The number of hydrogen-bond donors (Lipinski definition) is 1. The molecule has 0 radical (unpaired) electrons.